The van der Waals surface area contributed by atoms with Gasteiger partial charge in [-0.3, -0.25) is 9.69 Å². The maximum Gasteiger partial charge on any atom is 0.224 e. The maximum absolute atomic E-state index is 12.4. The van der Waals surface area contributed by atoms with Gasteiger partial charge >= 0.3 is 0 Å². The number of hydrogen-bond donors (Lipinski definition) is 1. The highest BCUT2D eigenvalue weighted by atomic mass is 16.1. The molecule has 2 aliphatic rings. The van der Waals surface area contributed by atoms with Crippen LogP contribution in [0.25, 0.3) is 0 Å². The van der Waals surface area contributed by atoms with Gasteiger partial charge in [0, 0.05) is 38.4 Å². The lowest BCUT2D eigenvalue weighted by Crippen LogP contribution is -2.44. The van der Waals surface area contributed by atoms with Crippen LogP contribution in [0.4, 0.5) is 5.69 Å². The molecule has 5 nitrogen and oxygen atoms in total. The number of carbonyl (C=O) groups is 1. The van der Waals surface area contributed by atoms with E-state index in [4.69, 9.17) is 0 Å². The van der Waals surface area contributed by atoms with Crippen LogP contribution in [-0.4, -0.2) is 68.6 Å². The van der Waals surface area contributed by atoms with Gasteiger partial charge in [-0.25, -0.2) is 0 Å². The first-order chi connectivity index (χ1) is 13.6. The summed E-state index contributed by atoms with van der Waals surface area (Å²) in [6, 6.07) is 9.45. The second kappa shape index (κ2) is 10.3. The predicted octanol–water partition coefficient (Wildman–Crippen LogP) is 2.96. The van der Waals surface area contributed by atoms with E-state index < -0.39 is 0 Å². The average Bonchev–Trinajstić information content (AvgIpc) is 2.72. The summed E-state index contributed by atoms with van der Waals surface area (Å²) in [7, 11) is 4.47. The number of rotatable bonds is 7. The second-order valence-corrected chi connectivity index (χ2v) is 8.64. The molecule has 1 amide bonds. The zero-order chi connectivity index (χ0) is 19.9. The zero-order valence-electron chi connectivity index (χ0n) is 18.0. The minimum absolute atomic E-state index is 0.138. The molecule has 1 atom stereocenters. The summed E-state index contributed by atoms with van der Waals surface area (Å²) in [6.07, 6.45) is 5.58. The van der Waals surface area contributed by atoms with E-state index in [9.17, 15) is 4.79 Å². The third-order valence-electron chi connectivity index (χ3n) is 6.43. The van der Waals surface area contributed by atoms with Crippen molar-refractivity contribution in [3.8, 4) is 0 Å². The molecular weight excluding hydrogens is 348 g/mol. The second-order valence-electron chi connectivity index (χ2n) is 8.64. The van der Waals surface area contributed by atoms with Gasteiger partial charge in [0.05, 0.1) is 5.92 Å². The Morgan fingerprint density at radius 3 is 2.68 bits per heavy atom. The molecule has 0 spiro atoms. The van der Waals surface area contributed by atoms with Crippen LogP contribution in [0.15, 0.2) is 24.3 Å². The molecule has 0 aromatic heterocycles. The molecule has 5 heteroatoms. The molecule has 3 rings (SSSR count). The number of anilines is 1. The lowest BCUT2D eigenvalue weighted by atomic mass is 9.96. The number of carbonyl (C=O) groups excluding carboxylic acids is 1. The van der Waals surface area contributed by atoms with Gasteiger partial charge in [-0.15, -0.1) is 0 Å². The highest BCUT2D eigenvalue weighted by Crippen LogP contribution is 2.28. The van der Waals surface area contributed by atoms with Crippen LogP contribution in [-0.2, 0) is 11.3 Å². The van der Waals surface area contributed by atoms with Gasteiger partial charge in [0.25, 0.3) is 0 Å². The third-order valence-corrected chi connectivity index (χ3v) is 6.43. The molecule has 28 heavy (non-hydrogen) atoms. The van der Waals surface area contributed by atoms with Crippen molar-refractivity contribution in [2.75, 3.05) is 51.7 Å². The van der Waals surface area contributed by atoms with Crippen molar-refractivity contribution in [3.63, 3.8) is 0 Å². The number of nitrogens with zero attached hydrogens (tertiary/aromatic N) is 3. The van der Waals surface area contributed by atoms with Crippen molar-refractivity contribution in [3.05, 3.63) is 29.8 Å². The molecule has 2 saturated heterocycles. The van der Waals surface area contributed by atoms with E-state index in [-0.39, 0.29) is 11.8 Å². The molecule has 2 heterocycles. The van der Waals surface area contributed by atoms with Crippen LogP contribution in [0.1, 0.15) is 44.6 Å². The monoisotopic (exact) mass is 386 g/mol. The van der Waals surface area contributed by atoms with Gasteiger partial charge < -0.3 is 15.1 Å². The Hall–Kier alpha value is -1.59. The standard InChI is InChI=1S/C23H38N4O/c1-4-13-24-23(28)20-9-7-14-27(18-20)17-19-8-5-6-10-22(19)26(3)21-11-15-25(2)16-12-21/h5-6,8,10,20-21H,4,7,9,11-18H2,1-3H3,(H,24,28). The molecule has 2 aliphatic heterocycles. The van der Waals surface area contributed by atoms with Crippen molar-refractivity contribution in [2.24, 2.45) is 5.92 Å². The van der Waals surface area contributed by atoms with Crippen LogP contribution in [0, 0.1) is 5.92 Å². The molecule has 156 valence electrons. The van der Waals surface area contributed by atoms with E-state index in [2.05, 4.69) is 65.3 Å². The van der Waals surface area contributed by atoms with Crippen molar-refractivity contribution in [1.82, 2.24) is 15.1 Å². The quantitative estimate of drug-likeness (QED) is 0.782. The SMILES string of the molecule is CCCNC(=O)C1CCCN(Cc2ccccc2N(C)C2CCN(C)CC2)C1. The fourth-order valence-electron chi connectivity index (χ4n) is 4.61. The van der Waals surface area contributed by atoms with E-state index >= 15 is 0 Å². The molecule has 0 radical (unpaired) electrons. The number of likely N-dealkylation sites (tertiary alicyclic amines) is 2. The molecule has 1 aromatic rings. The van der Waals surface area contributed by atoms with E-state index in [1.807, 2.05) is 0 Å². The largest absolute Gasteiger partial charge is 0.371 e. The molecule has 2 fully saturated rings. The minimum atomic E-state index is 0.138. The summed E-state index contributed by atoms with van der Waals surface area (Å²) in [5.74, 6) is 0.377. The van der Waals surface area contributed by atoms with E-state index in [1.54, 1.807) is 0 Å². The summed E-state index contributed by atoms with van der Waals surface area (Å²) in [6.45, 7) is 8.15. The third kappa shape index (κ3) is 5.48. The Kier molecular flexibility index (Phi) is 7.74. The highest BCUT2D eigenvalue weighted by Gasteiger charge is 2.27. The molecule has 0 bridgehead atoms. The number of nitrogens with one attached hydrogen (secondary N) is 1. The Balaban J connectivity index is 1.63. The van der Waals surface area contributed by atoms with Crippen LogP contribution in [0.5, 0.6) is 0 Å². The normalized spacial score (nSPS) is 22.2. The van der Waals surface area contributed by atoms with Gasteiger partial charge in [-0.05, 0) is 70.4 Å². The van der Waals surface area contributed by atoms with Gasteiger partial charge in [-0.1, -0.05) is 25.1 Å². The molecule has 0 aliphatic carbocycles. The van der Waals surface area contributed by atoms with E-state index in [0.29, 0.717) is 6.04 Å². The van der Waals surface area contributed by atoms with Crippen molar-refractivity contribution < 1.29 is 4.79 Å². The summed E-state index contributed by atoms with van der Waals surface area (Å²) >= 11 is 0. The van der Waals surface area contributed by atoms with Crippen LogP contribution in [0.3, 0.4) is 0 Å². The first-order valence-electron chi connectivity index (χ1n) is 11.1. The number of benzene rings is 1. The zero-order valence-corrected chi connectivity index (χ0v) is 18.0. The molecule has 0 saturated carbocycles. The van der Waals surface area contributed by atoms with Gasteiger partial charge in [0.2, 0.25) is 5.91 Å². The minimum Gasteiger partial charge on any atom is -0.371 e. The topological polar surface area (TPSA) is 38.8 Å². The molecule has 1 aromatic carbocycles. The fraction of sp³-hybridized carbons (Fsp3) is 0.696. The van der Waals surface area contributed by atoms with Crippen molar-refractivity contribution in [2.45, 2.75) is 51.6 Å². The fourth-order valence-corrected chi connectivity index (χ4v) is 4.61. The maximum atomic E-state index is 12.4. The highest BCUT2D eigenvalue weighted by molar-refractivity contribution is 5.78. The Morgan fingerprint density at radius 2 is 1.93 bits per heavy atom. The Morgan fingerprint density at radius 1 is 1.18 bits per heavy atom. The summed E-state index contributed by atoms with van der Waals surface area (Å²) in [4.78, 5) is 19.8. The lowest BCUT2D eigenvalue weighted by molar-refractivity contribution is -0.126. The van der Waals surface area contributed by atoms with Gasteiger partial charge in [0.15, 0.2) is 0 Å². The first kappa shape index (κ1) is 21.1. The van der Waals surface area contributed by atoms with Crippen molar-refractivity contribution in [1.29, 1.82) is 0 Å². The molecular formula is C23H38N4O. The van der Waals surface area contributed by atoms with E-state index in [0.717, 1.165) is 45.4 Å². The van der Waals surface area contributed by atoms with Gasteiger partial charge in [-0.2, -0.15) is 0 Å². The number of para-hydroxylation sites is 1. The first-order valence-corrected chi connectivity index (χ1v) is 11.1. The number of hydrogen-bond acceptors (Lipinski definition) is 4. The van der Waals surface area contributed by atoms with Crippen LogP contribution < -0.4 is 10.2 Å². The lowest BCUT2D eigenvalue weighted by Gasteiger charge is -2.38. The Labute approximate surface area is 171 Å². The molecule has 1 N–H and O–H groups in total. The van der Waals surface area contributed by atoms with E-state index in [1.165, 1.54) is 37.2 Å². The summed E-state index contributed by atoms with van der Waals surface area (Å²) in [5, 5.41) is 3.08. The summed E-state index contributed by atoms with van der Waals surface area (Å²) < 4.78 is 0. The van der Waals surface area contributed by atoms with Gasteiger partial charge in [0.1, 0.15) is 0 Å². The average molecular weight is 387 g/mol. The predicted molar refractivity (Wildman–Crippen MR) is 117 cm³/mol. The van der Waals surface area contributed by atoms with Crippen LogP contribution >= 0.6 is 0 Å². The smallest absolute Gasteiger partial charge is 0.224 e. The molecule has 1 unspecified atom stereocenters. The number of piperidine rings is 2. The van der Waals surface area contributed by atoms with Crippen molar-refractivity contribution >= 4 is 11.6 Å². The number of amides is 1. The Bertz CT molecular complexity index is 627. The van der Waals surface area contributed by atoms with Crippen LogP contribution in [0.2, 0.25) is 0 Å². The summed E-state index contributed by atoms with van der Waals surface area (Å²) in [5.41, 5.74) is 2.74.